The van der Waals surface area contributed by atoms with Crippen LogP contribution in [-0.4, -0.2) is 51.6 Å². The van der Waals surface area contributed by atoms with Gasteiger partial charge in [0, 0.05) is 38.6 Å². The van der Waals surface area contributed by atoms with Gasteiger partial charge < -0.3 is 9.80 Å². The van der Waals surface area contributed by atoms with Gasteiger partial charge in [-0.3, -0.25) is 0 Å². The molecule has 0 amide bonds. The molecule has 0 radical (unpaired) electrons. The number of aromatic nitrogens is 2. The first-order chi connectivity index (χ1) is 11.5. The minimum atomic E-state index is -3.45. The summed E-state index contributed by atoms with van der Waals surface area (Å²) in [6.07, 6.45) is 3.03. The lowest BCUT2D eigenvalue weighted by atomic mass is 10.3. The second-order valence-electron chi connectivity index (χ2n) is 5.37. The fourth-order valence-electron chi connectivity index (χ4n) is 2.56. The molecule has 1 saturated heterocycles. The minimum Gasteiger partial charge on any atom is -0.353 e. The summed E-state index contributed by atoms with van der Waals surface area (Å²) in [4.78, 5) is 13.1. The van der Waals surface area contributed by atoms with Crippen molar-refractivity contribution in [3.8, 4) is 0 Å². The Kier molecular flexibility index (Phi) is 4.88. The highest BCUT2D eigenvalue weighted by Crippen LogP contribution is 2.19. The number of rotatable bonds is 4. The maximum atomic E-state index is 11.7. The summed E-state index contributed by atoms with van der Waals surface area (Å²) in [6, 6.07) is 7.05. The molecule has 3 rings (SSSR count). The number of nitrogens with zero attached hydrogens (tertiary/aromatic N) is 4. The normalized spacial score (nSPS) is 15.6. The van der Waals surface area contributed by atoms with Crippen molar-refractivity contribution in [2.45, 2.75) is 4.90 Å². The number of pyridine rings is 2. The Balaban J connectivity index is 1.65. The van der Waals surface area contributed by atoms with E-state index in [4.69, 9.17) is 11.6 Å². The number of hydrogen-bond acceptors (Lipinski definition) is 6. The van der Waals surface area contributed by atoms with E-state index in [1.54, 1.807) is 18.3 Å². The Morgan fingerprint density at radius 1 is 0.958 bits per heavy atom. The van der Waals surface area contributed by atoms with Gasteiger partial charge in [0.15, 0.2) is 0 Å². The van der Waals surface area contributed by atoms with Gasteiger partial charge in [-0.15, -0.1) is 0 Å². The highest BCUT2D eigenvalue weighted by atomic mass is 35.5. The third kappa shape index (κ3) is 3.61. The quantitative estimate of drug-likeness (QED) is 0.879. The average molecular weight is 368 g/mol. The second kappa shape index (κ2) is 6.92. The maximum Gasteiger partial charge on any atom is 0.241 e. The molecular weight excluding hydrogens is 350 g/mol. The van der Waals surface area contributed by atoms with Crippen molar-refractivity contribution in [1.82, 2.24) is 14.7 Å². The molecule has 0 unspecified atom stereocenters. The SMILES string of the molecule is CNS(=O)(=O)c1ccc(N2CCN(c3ccc(Cl)cn3)CC2)nc1. The number of nitrogens with one attached hydrogen (secondary N) is 1. The Hall–Kier alpha value is -1.90. The van der Waals surface area contributed by atoms with E-state index < -0.39 is 10.0 Å². The molecule has 0 saturated carbocycles. The van der Waals surface area contributed by atoms with Gasteiger partial charge in [0.2, 0.25) is 10.0 Å². The molecule has 2 aromatic rings. The Morgan fingerprint density at radius 3 is 1.92 bits per heavy atom. The largest absolute Gasteiger partial charge is 0.353 e. The third-order valence-electron chi connectivity index (χ3n) is 3.94. The van der Waals surface area contributed by atoms with Crippen LogP contribution in [0.3, 0.4) is 0 Å². The molecule has 0 aliphatic carbocycles. The van der Waals surface area contributed by atoms with Crippen molar-refractivity contribution < 1.29 is 8.42 Å². The number of piperazine rings is 1. The van der Waals surface area contributed by atoms with Gasteiger partial charge in [-0.05, 0) is 31.3 Å². The zero-order chi connectivity index (χ0) is 17.2. The van der Waals surface area contributed by atoms with Crippen LogP contribution < -0.4 is 14.5 Å². The van der Waals surface area contributed by atoms with E-state index in [-0.39, 0.29) is 4.90 Å². The van der Waals surface area contributed by atoms with Crippen molar-refractivity contribution in [2.75, 3.05) is 43.0 Å². The standard InChI is InChI=1S/C15H18ClN5O2S/c1-17-24(22,23)13-3-5-15(19-11-13)21-8-6-20(7-9-21)14-4-2-12(16)10-18-14/h2-5,10-11,17H,6-9H2,1H3. The van der Waals surface area contributed by atoms with E-state index in [9.17, 15) is 8.42 Å². The molecule has 7 nitrogen and oxygen atoms in total. The van der Waals surface area contributed by atoms with Crippen LogP contribution in [0.25, 0.3) is 0 Å². The Morgan fingerprint density at radius 2 is 1.50 bits per heavy atom. The highest BCUT2D eigenvalue weighted by Gasteiger charge is 2.20. The number of halogens is 1. The van der Waals surface area contributed by atoms with Crippen LogP contribution >= 0.6 is 11.6 Å². The second-order valence-corrected chi connectivity index (χ2v) is 7.69. The number of anilines is 2. The van der Waals surface area contributed by atoms with Crippen LogP contribution in [0.4, 0.5) is 11.6 Å². The summed E-state index contributed by atoms with van der Waals surface area (Å²) in [5.41, 5.74) is 0. The van der Waals surface area contributed by atoms with Crippen molar-refractivity contribution in [3.05, 3.63) is 41.7 Å². The fourth-order valence-corrected chi connectivity index (χ4v) is 3.34. The highest BCUT2D eigenvalue weighted by molar-refractivity contribution is 7.89. The van der Waals surface area contributed by atoms with Gasteiger partial charge in [0.1, 0.15) is 16.5 Å². The fraction of sp³-hybridized carbons (Fsp3) is 0.333. The summed E-state index contributed by atoms with van der Waals surface area (Å²) in [5.74, 6) is 1.68. The molecule has 0 spiro atoms. The monoisotopic (exact) mass is 367 g/mol. The van der Waals surface area contributed by atoms with Crippen LogP contribution in [0.5, 0.6) is 0 Å². The van der Waals surface area contributed by atoms with E-state index in [0.29, 0.717) is 5.02 Å². The predicted molar refractivity (Wildman–Crippen MR) is 94.2 cm³/mol. The molecule has 24 heavy (non-hydrogen) atoms. The predicted octanol–water partition coefficient (Wildman–Crippen LogP) is 1.36. The lowest BCUT2D eigenvalue weighted by Gasteiger charge is -2.36. The summed E-state index contributed by atoms with van der Waals surface area (Å²) < 4.78 is 25.7. The third-order valence-corrected chi connectivity index (χ3v) is 5.56. The Labute approximate surface area is 146 Å². The smallest absolute Gasteiger partial charge is 0.241 e. The lowest BCUT2D eigenvalue weighted by molar-refractivity contribution is 0.587. The van der Waals surface area contributed by atoms with Crippen LogP contribution in [0.15, 0.2) is 41.6 Å². The summed E-state index contributed by atoms with van der Waals surface area (Å²) in [6.45, 7) is 3.20. The minimum absolute atomic E-state index is 0.165. The molecule has 0 aromatic carbocycles. The molecule has 3 heterocycles. The number of sulfonamides is 1. The van der Waals surface area contributed by atoms with E-state index in [1.807, 2.05) is 12.1 Å². The van der Waals surface area contributed by atoms with E-state index in [1.165, 1.54) is 13.2 Å². The van der Waals surface area contributed by atoms with Crippen LogP contribution in [0.2, 0.25) is 5.02 Å². The first-order valence-corrected chi connectivity index (χ1v) is 9.37. The van der Waals surface area contributed by atoms with E-state index in [0.717, 1.165) is 37.8 Å². The molecule has 0 bridgehead atoms. The molecular formula is C15H18ClN5O2S. The van der Waals surface area contributed by atoms with Crippen LogP contribution in [-0.2, 0) is 10.0 Å². The molecule has 9 heteroatoms. The van der Waals surface area contributed by atoms with Gasteiger partial charge in [-0.2, -0.15) is 0 Å². The summed E-state index contributed by atoms with van der Waals surface area (Å²) in [5, 5.41) is 0.623. The first kappa shape index (κ1) is 16.9. The zero-order valence-electron chi connectivity index (χ0n) is 13.2. The van der Waals surface area contributed by atoms with Crippen molar-refractivity contribution in [1.29, 1.82) is 0 Å². The van der Waals surface area contributed by atoms with Crippen molar-refractivity contribution in [2.24, 2.45) is 0 Å². The topological polar surface area (TPSA) is 78.4 Å². The molecule has 128 valence electrons. The molecule has 0 atom stereocenters. The summed E-state index contributed by atoms with van der Waals surface area (Å²) in [7, 11) is -2.07. The van der Waals surface area contributed by atoms with Gasteiger partial charge in [-0.1, -0.05) is 11.6 Å². The molecule has 2 aromatic heterocycles. The van der Waals surface area contributed by atoms with Crippen LogP contribution in [0, 0.1) is 0 Å². The van der Waals surface area contributed by atoms with Gasteiger partial charge >= 0.3 is 0 Å². The molecule has 1 fully saturated rings. The van der Waals surface area contributed by atoms with Crippen LogP contribution in [0.1, 0.15) is 0 Å². The number of hydrogen-bond donors (Lipinski definition) is 1. The van der Waals surface area contributed by atoms with E-state index in [2.05, 4.69) is 24.5 Å². The van der Waals surface area contributed by atoms with E-state index >= 15 is 0 Å². The van der Waals surface area contributed by atoms with Gasteiger partial charge in [0.25, 0.3) is 0 Å². The Bertz CT molecular complexity index is 788. The van der Waals surface area contributed by atoms with Gasteiger partial charge in [-0.25, -0.2) is 23.1 Å². The molecule has 1 aliphatic heterocycles. The van der Waals surface area contributed by atoms with Crippen molar-refractivity contribution in [3.63, 3.8) is 0 Å². The summed E-state index contributed by atoms with van der Waals surface area (Å²) >= 11 is 5.86. The maximum absolute atomic E-state index is 11.7. The average Bonchev–Trinajstić information content (AvgIpc) is 2.63. The first-order valence-electron chi connectivity index (χ1n) is 7.51. The lowest BCUT2D eigenvalue weighted by Crippen LogP contribution is -2.47. The molecule has 1 aliphatic rings. The van der Waals surface area contributed by atoms with Crippen molar-refractivity contribution >= 4 is 33.3 Å². The molecule has 1 N–H and O–H groups in total. The van der Waals surface area contributed by atoms with Gasteiger partial charge in [0.05, 0.1) is 5.02 Å². The zero-order valence-corrected chi connectivity index (χ0v) is 14.8.